The minimum Gasteiger partial charge on any atom is -0.355 e. The third kappa shape index (κ3) is 2.65. The minimum absolute atomic E-state index is 0.0354. The van der Waals surface area contributed by atoms with Crippen molar-refractivity contribution in [1.82, 2.24) is 9.78 Å². The van der Waals surface area contributed by atoms with E-state index in [1.54, 1.807) is 17.9 Å². The number of carbonyl (C=O) groups is 1. The van der Waals surface area contributed by atoms with Crippen LogP contribution in [0.25, 0.3) is 0 Å². The Labute approximate surface area is 82.6 Å². The van der Waals surface area contributed by atoms with Crippen LogP contribution in [0.2, 0.25) is 0 Å². The summed E-state index contributed by atoms with van der Waals surface area (Å²) in [7, 11) is 4.77. The van der Waals surface area contributed by atoms with Gasteiger partial charge in [0.15, 0.2) is 12.1 Å². The highest BCUT2D eigenvalue weighted by Crippen LogP contribution is 2.06. The SMILES string of the molecule is COC(CC(=O)c1cnn(C)c1)OC. The van der Waals surface area contributed by atoms with Gasteiger partial charge in [-0.25, -0.2) is 0 Å². The van der Waals surface area contributed by atoms with Crippen molar-refractivity contribution in [2.24, 2.45) is 7.05 Å². The zero-order valence-electron chi connectivity index (χ0n) is 8.56. The van der Waals surface area contributed by atoms with Gasteiger partial charge in [-0.3, -0.25) is 9.48 Å². The molecule has 5 heteroatoms. The van der Waals surface area contributed by atoms with Crippen LogP contribution in [0.1, 0.15) is 16.8 Å². The van der Waals surface area contributed by atoms with Crippen molar-refractivity contribution < 1.29 is 14.3 Å². The van der Waals surface area contributed by atoms with E-state index in [2.05, 4.69) is 5.10 Å². The summed E-state index contributed by atoms with van der Waals surface area (Å²) in [5.41, 5.74) is 0.576. The van der Waals surface area contributed by atoms with Gasteiger partial charge in [-0.05, 0) is 0 Å². The zero-order chi connectivity index (χ0) is 10.6. The van der Waals surface area contributed by atoms with Gasteiger partial charge in [-0.2, -0.15) is 5.10 Å². The van der Waals surface area contributed by atoms with Crippen LogP contribution >= 0.6 is 0 Å². The summed E-state index contributed by atoms with van der Waals surface area (Å²) >= 11 is 0. The predicted octanol–water partition coefficient (Wildman–Crippen LogP) is 0.612. The topological polar surface area (TPSA) is 53.3 Å². The van der Waals surface area contributed by atoms with E-state index in [0.717, 1.165) is 0 Å². The number of aryl methyl sites for hydroxylation is 1. The Bertz CT molecular complexity index is 305. The van der Waals surface area contributed by atoms with Crippen molar-refractivity contribution in [2.75, 3.05) is 14.2 Å². The van der Waals surface area contributed by atoms with E-state index in [4.69, 9.17) is 9.47 Å². The number of hydrogen-bond donors (Lipinski definition) is 0. The van der Waals surface area contributed by atoms with Gasteiger partial charge < -0.3 is 9.47 Å². The molecule has 0 spiro atoms. The molecule has 78 valence electrons. The first-order valence-corrected chi connectivity index (χ1v) is 4.24. The molecule has 0 atom stereocenters. The standard InChI is InChI=1S/C9H14N2O3/c1-11-6-7(5-10-11)8(12)4-9(13-2)14-3/h5-6,9H,4H2,1-3H3. The molecule has 0 saturated carbocycles. The number of ether oxygens (including phenoxy) is 2. The Morgan fingerprint density at radius 3 is 2.64 bits per heavy atom. The van der Waals surface area contributed by atoms with Gasteiger partial charge in [-0.1, -0.05) is 0 Å². The molecule has 0 aliphatic rings. The van der Waals surface area contributed by atoms with Crippen LogP contribution in [0.4, 0.5) is 0 Å². The summed E-state index contributed by atoms with van der Waals surface area (Å²) in [6.45, 7) is 0. The fraction of sp³-hybridized carbons (Fsp3) is 0.556. The number of aromatic nitrogens is 2. The van der Waals surface area contributed by atoms with Gasteiger partial charge in [0, 0.05) is 27.5 Å². The van der Waals surface area contributed by atoms with Crippen molar-refractivity contribution in [3.8, 4) is 0 Å². The Morgan fingerprint density at radius 1 is 1.57 bits per heavy atom. The quantitative estimate of drug-likeness (QED) is 0.514. The van der Waals surface area contributed by atoms with Gasteiger partial charge in [0.2, 0.25) is 0 Å². The maximum absolute atomic E-state index is 11.6. The molecule has 1 heterocycles. The zero-order valence-corrected chi connectivity index (χ0v) is 8.56. The smallest absolute Gasteiger partial charge is 0.171 e. The summed E-state index contributed by atoms with van der Waals surface area (Å²) < 4.78 is 11.4. The van der Waals surface area contributed by atoms with E-state index in [-0.39, 0.29) is 12.2 Å². The number of ketones is 1. The van der Waals surface area contributed by atoms with Crippen LogP contribution in [-0.2, 0) is 16.5 Å². The molecule has 0 aromatic carbocycles. The van der Waals surface area contributed by atoms with Gasteiger partial charge in [0.25, 0.3) is 0 Å². The van der Waals surface area contributed by atoms with Crippen LogP contribution in [0, 0.1) is 0 Å². The lowest BCUT2D eigenvalue weighted by atomic mass is 10.2. The average Bonchev–Trinajstić information content (AvgIpc) is 2.61. The lowest BCUT2D eigenvalue weighted by molar-refractivity contribution is -0.0993. The number of nitrogens with zero attached hydrogens (tertiary/aromatic N) is 2. The Balaban J connectivity index is 2.58. The molecule has 0 bridgehead atoms. The molecule has 0 radical (unpaired) electrons. The molecule has 0 amide bonds. The maximum atomic E-state index is 11.6. The van der Waals surface area contributed by atoms with E-state index in [0.29, 0.717) is 5.56 Å². The lowest BCUT2D eigenvalue weighted by Gasteiger charge is -2.10. The fourth-order valence-electron chi connectivity index (χ4n) is 1.10. The van der Waals surface area contributed by atoms with Crippen molar-refractivity contribution in [3.05, 3.63) is 18.0 Å². The highest BCUT2D eigenvalue weighted by molar-refractivity contribution is 5.95. The monoisotopic (exact) mass is 198 g/mol. The van der Waals surface area contributed by atoms with E-state index in [1.165, 1.54) is 20.4 Å². The van der Waals surface area contributed by atoms with Crippen molar-refractivity contribution in [1.29, 1.82) is 0 Å². The molecular formula is C9H14N2O3. The van der Waals surface area contributed by atoms with Crippen molar-refractivity contribution in [3.63, 3.8) is 0 Å². The first kappa shape index (κ1) is 10.9. The third-order valence-electron chi connectivity index (χ3n) is 1.90. The lowest BCUT2D eigenvalue weighted by Crippen LogP contribution is -2.17. The van der Waals surface area contributed by atoms with Crippen LogP contribution < -0.4 is 0 Å². The molecular weight excluding hydrogens is 184 g/mol. The first-order chi connectivity index (χ1) is 6.67. The normalized spacial score (nSPS) is 10.9. The number of rotatable bonds is 5. The number of methoxy groups -OCH3 is 2. The van der Waals surface area contributed by atoms with Crippen molar-refractivity contribution >= 4 is 5.78 Å². The molecule has 0 fully saturated rings. The molecule has 0 aliphatic heterocycles. The van der Waals surface area contributed by atoms with Crippen LogP contribution in [-0.4, -0.2) is 36.1 Å². The fourth-order valence-corrected chi connectivity index (χ4v) is 1.10. The summed E-state index contributed by atoms with van der Waals surface area (Å²) in [4.78, 5) is 11.6. The van der Waals surface area contributed by atoms with Gasteiger partial charge in [0.05, 0.1) is 18.2 Å². The van der Waals surface area contributed by atoms with E-state index in [1.807, 2.05) is 0 Å². The second kappa shape index (κ2) is 4.88. The molecule has 1 rings (SSSR count). The third-order valence-corrected chi connectivity index (χ3v) is 1.90. The maximum Gasteiger partial charge on any atom is 0.171 e. The molecule has 1 aromatic heterocycles. The van der Waals surface area contributed by atoms with E-state index >= 15 is 0 Å². The predicted molar refractivity (Wildman–Crippen MR) is 50.0 cm³/mol. The molecule has 0 saturated heterocycles. The summed E-state index contributed by atoms with van der Waals surface area (Å²) in [6, 6.07) is 0. The Hall–Kier alpha value is -1.20. The molecule has 0 N–H and O–H groups in total. The molecule has 14 heavy (non-hydrogen) atoms. The highest BCUT2D eigenvalue weighted by Gasteiger charge is 2.14. The Morgan fingerprint density at radius 2 is 2.21 bits per heavy atom. The van der Waals surface area contributed by atoms with Crippen LogP contribution in [0.3, 0.4) is 0 Å². The number of Topliss-reactive ketones (excluding diaryl/α,β-unsaturated/α-hetero) is 1. The van der Waals surface area contributed by atoms with Crippen molar-refractivity contribution in [2.45, 2.75) is 12.7 Å². The van der Waals surface area contributed by atoms with Crippen LogP contribution in [0.15, 0.2) is 12.4 Å². The summed E-state index contributed by atoms with van der Waals surface area (Å²) in [5, 5.41) is 3.91. The van der Waals surface area contributed by atoms with Gasteiger partial charge in [0.1, 0.15) is 0 Å². The van der Waals surface area contributed by atoms with E-state index in [9.17, 15) is 4.79 Å². The second-order valence-corrected chi connectivity index (χ2v) is 2.93. The van der Waals surface area contributed by atoms with Gasteiger partial charge in [-0.15, -0.1) is 0 Å². The molecule has 0 unspecified atom stereocenters. The second-order valence-electron chi connectivity index (χ2n) is 2.93. The highest BCUT2D eigenvalue weighted by atomic mass is 16.7. The molecule has 1 aromatic rings. The van der Waals surface area contributed by atoms with Gasteiger partial charge >= 0.3 is 0 Å². The number of carbonyl (C=O) groups excluding carboxylic acids is 1. The molecule has 5 nitrogen and oxygen atoms in total. The minimum atomic E-state index is -0.484. The summed E-state index contributed by atoms with van der Waals surface area (Å²) in [6.07, 6.45) is 2.93. The Kier molecular flexibility index (Phi) is 3.79. The largest absolute Gasteiger partial charge is 0.355 e. The first-order valence-electron chi connectivity index (χ1n) is 4.24. The summed E-state index contributed by atoms with van der Waals surface area (Å²) in [5.74, 6) is -0.0354. The van der Waals surface area contributed by atoms with Crippen LogP contribution in [0.5, 0.6) is 0 Å². The average molecular weight is 198 g/mol. The molecule has 0 aliphatic carbocycles. The number of hydrogen-bond acceptors (Lipinski definition) is 4. The van der Waals surface area contributed by atoms with E-state index < -0.39 is 6.29 Å².